The van der Waals surface area contributed by atoms with Gasteiger partial charge in [-0.2, -0.15) is 0 Å². The Morgan fingerprint density at radius 2 is 2.14 bits per heavy atom. The van der Waals surface area contributed by atoms with Crippen LogP contribution in [0.5, 0.6) is 11.5 Å². The molecule has 1 aromatic rings. The van der Waals surface area contributed by atoms with Gasteiger partial charge in [-0.3, -0.25) is 14.4 Å². The van der Waals surface area contributed by atoms with E-state index in [0.29, 0.717) is 31.4 Å². The van der Waals surface area contributed by atoms with Crippen molar-refractivity contribution >= 4 is 29.0 Å². The summed E-state index contributed by atoms with van der Waals surface area (Å²) in [6.45, 7) is 0.908. The smallest absolute Gasteiger partial charge is 0.522 e. The van der Waals surface area contributed by atoms with Crippen LogP contribution < -0.4 is 19.8 Å². The Morgan fingerprint density at radius 1 is 1.45 bits per heavy atom. The number of carbonyl (C=O) groups excluding carboxylic acids is 1. The standard InChI is InChI=1S/C16H22BN3O8S/c1-29(25,26)19-15(21)11(18)8-20-6-10(7-20)27-12-3-2-9-4-5-17(24)28-14(9)13(12)16(22)23/h2-3,10-11,24H,4-8,18H2,1H3,(H,19,21)(H,22,23). The number of carboxylic acid groups (broad SMARTS) is 1. The van der Waals surface area contributed by atoms with Gasteiger partial charge in [0.15, 0.2) is 0 Å². The molecule has 158 valence electrons. The minimum absolute atomic E-state index is 0.115. The lowest BCUT2D eigenvalue weighted by atomic mass is 9.78. The molecule has 5 N–H and O–H groups in total. The third-order valence-electron chi connectivity index (χ3n) is 4.62. The molecule has 1 atom stereocenters. The minimum atomic E-state index is -3.68. The molecule has 0 aliphatic carbocycles. The number of hydrogen-bond donors (Lipinski definition) is 4. The van der Waals surface area contributed by atoms with Gasteiger partial charge in [0.05, 0.1) is 12.3 Å². The normalized spacial score (nSPS) is 18.2. The molecule has 2 heterocycles. The van der Waals surface area contributed by atoms with Gasteiger partial charge < -0.3 is 25.3 Å². The molecule has 0 radical (unpaired) electrons. The van der Waals surface area contributed by atoms with Crippen molar-refractivity contribution in [3.05, 3.63) is 23.3 Å². The van der Waals surface area contributed by atoms with Gasteiger partial charge in [0.2, 0.25) is 10.0 Å². The SMILES string of the molecule is CS(=O)(=O)NC(=O)C(N)CN1CC(Oc2ccc3c(c2C(=O)O)OB(O)CC3)C1. The monoisotopic (exact) mass is 427 g/mol. The summed E-state index contributed by atoms with van der Waals surface area (Å²) in [4.78, 5) is 25.2. The zero-order valence-electron chi connectivity index (χ0n) is 15.7. The van der Waals surface area contributed by atoms with Crippen LogP contribution in [0.15, 0.2) is 12.1 Å². The Kier molecular flexibility index (Phi) is 6.03. The van der Waals surface area contributed by atoms with Crippen LogP contribution in [0.4, 0.5) is 0 Å². The Labute approximate surface area is 168 Å². The maximum absolute atomic E-state index is 11.7. The molecular formula is C16H22BN3O8S. The van der Waals surface area contributed by atoms with E-state index >= 15 is 0 Å². The minimum Gasteiger partial charge on any atom is -0.535 e. The molecule has 1 aromatic carbocycles. The molecule has 3 rings (SSSR count). The lowest BCUT2D eigenvalue weighted by Crippen LogP contribution is -2.59. The number of ether oxygens (including phenoxy) is 1. The topological polar surface area (TPSA) is 168 Å². The summed E-state index contributed by atoms with van der Waals surface area (Å²) in [6, 6.07) is 2.25. The van der Waals surface area contributed by atoms with Crippen LogP contribution in [0.3, 0.4) is 0 Å². The Bertz CT molecular complexity index is 919. The predicted molar refractivity (Wildman–Crippen MR) is 102 cm³/mol. The predicted octanol–water partition coefficient (Wildman–Crippen LogP) is -1.73. The average molecular weight is 427 g/mol. The van der Waals surface area contributed by atoms with Gasteiger partial charge in [0.25, 0.3) is 5.91 Å². The van der Waals surface area contributed by atoms with E-state index < -0.39 is 35.1 Å². The molecule has 0 saturated carbocycles. The van der Waals surface area contributed by atoms with Crippen molar-refractivity contribution in [1.82, 2.24) is 9.62 Å². The van der Waals surface area contributed by atoms with Gasteiger partial charge in [0.1, 0.15) is 23.2 Å². The molecule has 0 aromatic heterocycles. The van der Waals surface area contributed by atoms with Gasteiger partial charge in [0, 0.05) is 19.6 Å². The molecule has 29 heavy (non-hydrogen) atoms. The highest BCUT2D eigenvalue weighted by Gasteiger charge is 2.34. The van der Waals surface area contributed by atoms with Crippen molar-refractivity contribution in [2.24, 2.45) is 5.73 Å². The van der Waals surface area contributed by atoms with Gasteiger partial charge in [-0.25, -0.2) is 13.2 Å². The second-order valence-corrected chi connectivity index (χ2v) is 8.90. The maximum Gasteiger partial charge on any atom is 0.522 e. The summed E-state index contributed by atoms with van der Waals surface area (Å²) in [5, 5.41) is 19.3. The first-order chi connectivity index (χ1) is 13.5. The first-order valence-corrected chi connectivity index (χ1v) is 10.8. The molecule has 2 aliphatic rings. The third-order valence-corrected chi connectivity index (χ3v) is 5.20. The fourth-order valence-electron chi connectivity index (χ4n) is 3.26. The number of amides is 1. The molecule has 13 heteroatoms. The number of rotatable bonds is 7. The zero-order valence-corrected chi connectivity index (χ0v) is 16.5. The molecule has 1 amide bonds. The summed E-state index contributed by atoms with van der Waals surface area (Å²) in [7, 11) is -4.74. The van der Waals surface area contributed by atoms with E-state index in [9.17, 15) is 28.1 Å². The van der Waals surface area contributed by atoms with Crippen LogP contribution in [-0.2, 0) is 21.2 Å². The first kappa shape index (κ1) is 21.4. The Balaban J connectivity index is 1.60. The molecule has 2 aliphatic heterocycles. The molecule has 1 fully saturated rings. The number of carbonyl (C=O) groups is 2. The number of likely N-dealkylation sites (tertiary alicyclic amines) is 1. The Morgan fingerprint density at radius 3 is 2.76 bits per heavy atom. The Hall–Kier alpha value is -2.35. The number of nitrogens with one attached hydrogen (secondary N) is 1. The molecule has 1 saturated heterocycles. The van der Waals surface area contributed by atoms with Crippen LogP contribution in [0.25, 0.3) is 0 Å². The van der Waals surface area contributed by atoms with Crippen LogP contribution in [0.2, 0.25) is 6.32 Å². The summed E-state index contributed by atoms with van der Waals surface area (Å²) in [5.41, 5.74) is 6.27. The van der Waals surface area contributed by atoms with Gasteiger partial charge in [-0.15, -0.1) is 0 Å². The zero-order chi connectivity index (χ0) is 21.3. The van der Waals surface area contributed by atoms with E-state index in [0.717, 1.165) is 6.26 Å². The van der Waals surface area contributed by atoms with Crippen molar-refractivity contribution in [1.29, 1.82) is 0 Å². The lowest BCUT2D eigenvalue weighted by molar-refractivity contribution is -0.121. The number of aromatic carboxylic acids is 1. The van der Waals surface area contributed by atoms with Crippen LogP contribution in [0, 0.1) is 0 Å². The number of carboxylic acids is 1. The van der Waals surface area contributed by atoms with Crippen LogP contribution >= 0.6 is 0 Å². The van der Waals surface area contributed by atoms with Crippen molar-refractivity contribution in [2.45, 2.75) is 24.9 Å². The fraction of sp³-hybridized carbons (Fsp3) is 0.500. The molecule has 0 spiro atoms. The van der Waals surface area contributed by atoms with E-state index in [4.69, 9.17) is 15.1 Å². The number of hydrogen-bond acceptors (Lipinski definition) is 9. The second-order valence-electron chi connectivity index (χ2n) is 7.15. The average Bonchev–Trinajstić information content (AvgIpc) is 2.57. The lowest BCUT2D eigenvalue weighted by Gasteiger charge is -2.40. The second kappa shape index (κ2) is 8.18. The van der Waals surface area contributed by atoms with Gasteiger partial charge >= 0.3 is 13.1 Å². The molecule has 11 nitrogen and oxygen atoms in total. The van der Waals surface area contributed by atoms with E-state index in [1.54, 1.807) is 17.0 Å². The fourth-order valence-corrected chi connectivity index (χ4v) is 3.78. The summed E-state index contributed by atoms with van der Waals surface area (Å²) in [5.74, 6) is -1.77. The van der Waals surface area contributed by atoms with Gasteiger partial charge in [-0.05, 0) is 24.4 Å². The molecule has 1 unspecified atom stereocenters. The number of sulfonamides is 1. The number of nitrogens with zero attached hydrogens (tertiary/aromatic N) is 1. The number of aryl methyl sites for hydroxylation is 1. The number of fused-ring (bicyclic) bond motifs is 1. The van der Waals surface area contributed by atoms with Crippen molar-refractivity contribution in [3.63, 3.8) is 0 Å². The maximum atomic E-state index is 11.7. The van der Waals surface area contributed by atoms with Crippen molar-refractivity contribution < 1.29 is 37.5 Å². The third kappa shape index (κ3) is 5.18. The van der Waals surface area contributed by atoms with E-state index in [1.807, 2.05) is 4.72 Å². The largest absolute Gasteiger partial charge is 0.535 e. The highest BCUT2D eigenvalue weighted by molar-refractivity contribution is 7.89. The van der Waals surface area contributed by atoms with Crippen molar-refractivity contribution in [3.8, 4) is 11.5 Å². The van der Waals surface area contributed by atoms with E-state index in [1.165, 1.54) is 0 Å². The first-order valence-electron chi connectivity index (χ1n) is 8.93. The highest BCUT2D eigenvalue weighted by atomic mass is 32.2. The number of benzene rings is 1. The van der Waals surface area contributed by atoms with Crippen LogP contribution in [-0.4, -0.2) is 80.5 Å². The number of nitrogens with two attached hydrogens (primary N) is 1. The summed E-state index contributed by atoms with van der Waals surface area (Å²) >= 11 is 0. The van der Waals surface area contributed by atoms with Gasteiger partial charge in [-0.1, -0.05) is 6.07 Å². The van der Waals surface area contributed by atoms with Crippen LogP contribution in [0.1, 0.15) is 15.9 Å². The molecule has 0 bridgehead atoms. The van der Waals surface area contributed by atoms with Crippen molar-refractivity contribution in [2.75, 3.05) is 25.9 Å². The molecular weight excluding hydrogens is 405 g/mol. The summed E-state index contributed by atoms with van der Waals surface area (Å²) in [6.07, 6.45) is 1.43. The quantitative estimate of drug-likeness (QED) is 0.367. The summed E-state index contributed by atoms with van der Waals surface area (Å²) < 4.78 is 35.1. The van der Waals surface area contributed by atoms with E-state index in [-0.39, 0.29) is 29.7 Å². The highest BCUT2D eigenvalue weighted by Crippen LogP contribution is 2.37. The van der Waals surface area contributed by atoms with E-state index in [2.05, 4.69) is 0 Å².